The summed E-state index contributed by atoms with van der Waals surface area (Å²) in [6.07, 6.45) is 1.51. The molecule has 0 saturated carbocycles. The number of hydrogen-bond donors (Lipinski definition) is 0. The van der Waals surface area contributed by atoms with E-state index in [1.54, 1.807) is 34.9 Å². The predicted octanol–water partition coefficient (Wildman–Crippen LogP) is 3.52. The molecule has 1 aromatic heterocycles. The van der Waals surface area contributed by atoms with Gasteiger partial charge in [-0.1, -0.05) is 24.3 Å². The van der Waals surface area contributed by atoms with Gasteiger partial charge < -0.3 is 9.30 Å². The average Bonchev–Trinajstić information content (AvgIpc) is 2.58. The number of nitrogens with zero attached hydrogens (tertiary/aromatic N) is 2. The zero-order chi connectivity index (χ0) is 17.1. The van der Waals surface area contributed by atoms with E-state index in [4.69, 9.17) is 5.26 Å². The van der Waals surface area contributed by atoms with Crippen molar-refractivity contribution in [3.05, 3.63) is 76.1 Å². The number of hydrogen-bond acceptors (Lipinski definition) is 3. The van der Waals surface area contributed by atoms with Crippen molar-refractivity contribution in [2.75, 3.05) is 0 Å². The van der Waals surface area contributed by atoms with Crippen LogP contribution >= 0.6 is 0 Å². The second-order valence-electron chi connectivity index (χ2n) is 5.15. The maximum Gasteiger partial charge on any atom is 0.387 e. The Labute approximate surface area is 136 Å². The molecule has 0 spiro atoms. The zero-order valence-corrected chi connectivity index (χ0v) is 12.4. The lowest BCUT2D eigenvalue weighted by Gasteiger charge is -2.12. The third-order valence-corrected chi connectivity index (χ3v) is 3.61. The van der Waals surface area contributed by atoms with Gasteiger partial charge in [0.05, 0.1) is 5.52 Å². The van der Waals surface area contributed by atoms with Gasteiger partial charge in [0.1, 0.15) is 17.4 Å². The monoisotopic (exact) mass is 326 g/mol. The first-order chi connectivity index (χ1) is 11.6. The molecule has 4 nitrogen and oxygen atoms in total. The molecule has 0 unspecified atom stereocenters. The van der Waals surface area contributed by atoms with E-state index in [0.717, 1.165) is 5.56 Å². The van der Waals surface area contributed by atoms with E-state index in [0.29, 0.717) is 17.4 Å². The maximum atomic E-state index is 12.2. The quantitative estimate of drug-likeness (QED) is 0.737. The molecule has 120 valence electrons. The smallest absolute Gasteiger partial charge is 0.387 e. The van der Waals surface area contributed by atoms with Crippen LogP contribution < -0.4 is 10.2 Å². The van der Waals surface area contributed by atoms with Gasteiger partial charge in [0.2, 0.25) is 5.43 Å². The normalized spacial score (nSPS) is 10.8. The fourth-order valence-electron chi connectivity index (χ4n) is 2.53. The summed E-state index contributed by atoms with van der Waals surface area (Å²) in [6, 6.07) is 15.2. The number of aromatic nitrogens is 1. The SMILES string of the molecule is N#Cc1cn(Cc2ccc(OC(F)F)cc2)c2ccccc2c1=O. The van der Waals surface area contributed by atoms with Gasteiger partial charge in [0, 0.05) is 18.1 Å². The van der Waals surface area contributed by atoms with E-state index in [1.165, 1.54) is 18.3 Å². The molecule has 0 saturated heterocycles. The number of ether oxygens (including phenoxy) is 1. The third kappa shape index (κ3) is 3.10. The van der Waals surface area contributed by atoms with Crippen LogP contribution in [-0.4, -0.2) is 11.2 Å². The van der Waals surface area contributed by atoms with E-state index in [2.05, 4.69) is 4.74 Å². The highest BCUT2D eigenvalue weighted by molar-refractivity contribution is 5.80. The number of nitriles is 1. The van der Waals surface area contributed by atoms with E-state index < -0.39 is 6.61 Å². The molecule has 0 N–H and O–H groups in total. The first kappa shape index (κ1) is 15.7. The fraction of sp³-hybridized carbons (Fsp3) is 0.111. The van der Waals surface area contributed by atoms with Crippen LogP contribution in [0.1, 0.15) is 11.1 Å². The lowest BCUT2D eigenvalue weighted by molar-refractivity contribution is -0.0498. The van der Waals surface area contributed by atoms with Gasteiger partial charge in [0.15, 0.2) is 0 Å². The summed E-state index contributed by atoms with van der Waals surface area (Å²) in [5.41, 5.74) is 1.29. The summed E-state index contributed by atoms with van der Waals surface area (Å²) in [7, 11) is 0. The van der Waals surface area contributed by atoms with Crippen molar-refractivity contribution in [1.82, 2.24) is 4.57 Å². The van der Waals surface area contributed by atoms with E-state index in [-0.39, 0.29) is 16.7 Å². The molecule has 6 heteroatoms. The van der Waals surface area contributed by atoms with Crippen molar-refractivity contribution in [2.24, 2.45) is 0 Å². The largest absolute Gasteiger partial charge is 0.435 e. The summed E-state index contributed by atoms with van der Waals surface area (Å²) in [5.74, 6) is 0.0798. The molecule has 0 fully saturated rings. The fourth-order valence-corrected chi connectivity index (χ4v) is 2.53. The zero-order valence-electron chi connectivity index (χ0n) is 12.4. The topological polar surface area (TPSA) is 55.0 Å². The number of fused-ring (bicyclic) bond motifs is 1. The van der Waals surface area contributed by atoms with Crippen LogP contribution in [0.2, 0.25) is 0 Å². The summed E-state index contributed by atoms with van der Waals surface area (Å²) < 4.78 is 30.5. The Kier molecular flexibility index (Phi) is 4.25. The Morgan fingerprint density at radius 1 is 1.12 bits per heavy atom. The van der Waals surface area contributed by atoms with Crippen molar-refractivity contribution < 1.29 is 13.5 Å². The molecule has 0 amide bonds. The minimum Gasteiger partial charge on any atom is -0.435 e. The van der Waals surface area contributed by atoms with Gasteiger partial charge >= 0.3 is 6.61 Å². The van der Waals surface area contributed by atoms with Gasteiger partial charge in [-0.2, -0.15) is 14.0 Å². The highest BCUT2D eigenvalue weighted by Gasteiger charge is 2.09. The third-order valence-electron chi connectivity index (χ3n) is 3.61. The number of pyridine rings is 1. The first-order valence-corrected chi connectivity index (χ1v) is 7.14. The molecular formula is C18H12F2N2O2. The number of alkyl halides is 2. The Morgan fingerprint density at radius 3 is 2.50 bits per heavy atom. The Bertz CT molecular complexity index is 973. The van der Waals surface area contributed by atoms with Crippen molar-refractivity contribution in [3.63, 3.8) is 0 Å². The van der Waals surface area contributed by atoms with Crippen molar-refractivity contribution in [3.8, 4) is 11.8 Å². The molecule has 2 aromatic carbocycles. The molecule has 1 heterocycles. The molecule has 0 aliphatic carbocycles. The van der Waals surface area contributed by atoms with Crippen LogP contribution in [0.15, 0.2) is 59.5 Å². The van der Waals surface area contributed by atoms with E-state index >= 15 is 0 Å². The molecule has 0 atom stereocenters. The standard InChI is InChI=1S/C18H12F2N2O2/c19-18(20)24-14-7-5-12(6-8-14)10-22-11-13(9-21)17(23)15-3-1-2-4-16(15)22/h1-8,11,18H,10H2. The summed E-state index contributed by atoms with van der Waals surface area (Å²) in [6.45, 7) is -2.47. The van der Waals surface area contributed by atoms with Crippen LogP contribution in [0.25, 0.3) is 10.9 Å². The van der Waals surface area contributed by atoms with Crippen LogP contribution in [0.3, 0.4) is 0 Å². The molecule has 0 aliphatic rings. The predicted molar refractivity (Wildman–Crippen MR) is 85.1 cm³/mol. The van der Waals surface area contributed by atoms with Gasteiger partial charge in [-0.15, -0.1) is 0 Å². The molecule has 0 aliphatic heterocycles. The lowest BCUT2D eigenvalue weighted by atomic mass is 10.1. The highest BCUT2D eigenvalue weighted by Crippen LogP contribution is 2.18. The Balaban J connectivity index is 2.00. The molecule has 3 rings (SSSR count). The van der Waals surface area contributed by atoms with Crippen LogP contribution in [-0.2, 0) is 6.54 Å². The highest BCUT2D eigenvalue weighted by atomic mass is 19.3. The van der Waals surface area contributed by atoms with Gasteiger partial charge in [-0.3, -0.25) is 4.79 Å². The van der Waals surface area contributed by atoms with Gasteiger partial charge in [-0.05, 0) is 29.8 Å². The molecule has 0 radical (unpaired) electrons. The minimum atomic E-state index is -2.86. The molecule has 0 bridgehead atoms. The van der Waals surface area contributed by atoms with E-state index in [9.17, 15) is 13.6 Å². The summed E-state index contributed by atoms with van der Waals surface area (Å²) in [4.78, 5) is 12.2. The first-order valence-electron chi connectivity index (χ1n) is 7.14. The average molecular weight is 326 g/mol. The molecular weight excluding hydrogens is 314 g/mol. The number of para-hydroxylation sites is 1. The van der Waals surface area contributed by atoms with Gasteiger partial charge in [-0.25, -0.2) is 0 Å². The number of halogens is 2. The second kappa shape index (κ2) is 6.50. The van der Waals surface area contributed by atoms with Crippen molar-refractivity contribution in [2.45, 2.75) is 13.2 Å². The summed E-state index contributed by atoms with van der Waals surface area (Å²) in [5, 5.41) is 9.60. The van der Waals surface area contributed by atoms with Crippen LogP contribution in [0.5, 0.6) is 5.75 Å². The Morgan fingerprint density at radius 2 is 1.83 bits per heavy atom. The Hall–Kier alpha value is -3.20. The van der Waals surface area contributed by atoms with Crippen LogP contribution in [0, 0.1) is 11.3 Å². The molecule has 3 aromatic rings. The summed E-state index contributed by atoms with van der Waals surface area (Å²) >= 11 is 0. The second-order valence-corrected chi connectivity index (χ2v) is 5.15. The van der Waals surface area contributed by atoms with E-state index in [1.807, 2.05) is 12.1 Å². The van der Waals surface area contributed by atoms with Crippen molar-refractivity contribution in [1.29, 1.82) is 5.26 Å². The van der Waals surface area contributed by atoms with Crippen LogP contribution in [0.4, 0.5) is 8.78 Å². The number of benzene rings is 2. The number of rotatable bonds is 4. The van der Waals surface area contributed by atoms with Gasteiger partial charge in [0.25, 0.3) is 0 Å². The van der Waals surface area contributed by atoms with Crippen molar-refractivity contribution >= 4 is 10.9 Å². The maximum absolute atomic E-state index is 12.2. The lowest BCUT2D eigenvalue weighted by Crippen LogP contribution is -2.13. The molecule has 24 heavy (non-hydrogen) atoms. The minimum absolute atomic E-state index is 0.0614.